The summed E-state index contributed by atoms with van der Waals surface area (Å²) < 4.78 is 87.7. The molecule has 258 valence electrons. The van der Waals surface area contributed by atoms with Crippen molar-refractivity contribution in [1.82, 2.24) is 35.0 Å². The minimum atomic E-state index is -4.86. The van der Waals surface area contributed by atoms with Crippen LogP contribution in [0.4, 0.5) is 33.6 Å². The highest BCUT2D eigenvalue weighted by Gasteiger charge is 2.40. The van der Waals surface area contributed by atoms with Crippen LogP contribution in [0.3, 0.4) is 0 Å². The average Bonchev–Trinajstić information content (AvgIpc) is 3.46. The number of nitrogen functional groups attached to an aromatic ring is 1. The third kappa shape index (κ3) is 5.81. The Morgan fingerprint density at radius 3 is 2.71 bits per heavy atom. The van der Waals surface area contributed by atoms with Crippen LogP contribution in [0, 0.1) is 24.5 Å². The predicted molar refractivity (Wildman–Crippen MR) is 172 cm³/mol. The number of nitrogens with one attached hydrogen (secondary N) is 1. The van der Waals surface area contributed by atoms with Gasteiger partial charge in [0.05, 0.1) is 42.2 Å². The summed E-state index contributed by atoms with van der Waals surface area (Å²) in [5, 5.41) is 6.65. The van der Waals surface area contributed by atoms with Crippen molar-refractivity contribution in [2.24, 2.45) is 5.92 Å². The first kappa shape index (κ1) is 32.7. The van der Waals surface area contributed by atoms with Gasteiger partial charge in [-0.3, -0.25) is 5.10 Å². The van der Waals surface area contributed by atoms with Crippen LogP contribution in [0.15, 0.2) is 24.5 Å². The molecular weight excluding hydrogens is 649 g/mol. The summed E-state index contributed by atoms with van der Waals surface area (Å²) >= 11 is 0. The van der Waals surface area contributed by atoms with E-state index in [-0.39, 0.29) is 70.0 Å². The van der Waals surface area contributed by atoms with Crippen molar-refractivity contribution in [3.8, 4) is 23.1 Å². The lowest BCUT2D eigenvalue weighted by molar-refractivity contribution is -0.137. The van der Waals surface area contributed by atoms with Crippen molar-refractivity contribution in [3.63, 3.8) is 0 Å². The number of nitrogens with zero attached hydrogens (tertiary/aromatic N) is 7. The van der Waals surface area contributed by atoms with Gasteiger partial charge in [-0.25, -0.2) is 18.7 Å². The number of anilines is 2. The molecule has 49 heavy (non-hydrogen) atoms. The van der Waals surface area contributed by atoms with Crippen LogP contribution < -0.4 is 20.1 Å². The molecule has 0 radical (unpaired) electrons. The van der Waals surface area contributed by atoms with Crippen molar-refractivity contribution < 1.29 is 31.4 Å². The lowest BCUT2D eigenvalue weighted by Gasteiger charge is -2.35. The molecule has 0 spiro atoms. The maximum Gasteiger partial charge on any atom is 0.417 e. The quantitative estimate of drug-likeness (QED) is 0.199. The number of aromatic amines is 1. The molecule has 0 saturated carbocycles. The number of pyridine rings is 2. The summed E-state index contributed by atoms with van der Waals surface area (Å²) in [6, 6.07) is 1.22. The molecule has 7 rings (SSSR count). The van der Waals surface area contributed by atoms with Gasteiger partial charge in [0.15, 0.2) is 5.82 Å². The Hall–Kier alpha value is -4.86. The fourth-order valence-electron chi connectivity index (χ4n) is 7.07. The van der Waals surface area contributed by atoms with Crippen LogP contribution in [0.25, 0.3) is 33.1 Å². The number of piperidine rings is 1. The topological polar surface area (TPSA) is 131 Å². The molecule has 0 bridgehead atoms. The van der Waals surface area contributed by atoms with E-state index in [0.717, 1.165) is 32.1 Å². The Labute approximate surface area is 277 Å². The molecule has 5 aromatic rings. The van der Waals surface area contributed by atoms with Crippen LogP contribution in [0.1, 0.15) is 49.4 Å². The fourth-order valence-corrected chi connectivity index (χ4v) is 7.07. The molecule has 1 saturated heterocycles. The zero-order valence-electron chi connectivity index (χ0n) is 27.2. The Bertz CT molecular complexity index is 2070. The standard InChI is InChI=1S/C33H34F5N9O2/c1-15-8-22-21(11-41-45-22)23(25(15)33(36,37)38)27-26(35)28-24-30(44-32(43-28)49-14-18-6-5-7-46(4)12-18)47(16(2)13-48-31(24)42-27)17(3)20-9-19(34)10-40-29(20)39/h8-11,16-18H,5-7,12-14H2,1-4H3,(H2,39,40)(H,41,45)/t16-,17+,18+/m0/s1. The van der Waals surface area contributed by atoms with E-state index in [4.69, 9.17) is 20.2 Å². The highest BCUT2D eigenvalue weighted by Crippen LogP contribution is 2.47. The Morgan fingerprint density at radius 1 is 1.16 bits per heavy atom. The number of hydrogen-bond donors (Lipinski definition) is 2. The van der Waals surface area contributed by atoms with Gasteiger partial charge in [0.2, 0.25) is 5.88 Å². The van der Waals surface area contributed by atoms with Crippen molar-refractivity contribution >= 4 is 33.4 Å². The second kappa shape index (κ2) is 12.2. The molecule has 11 nitrogen and oxygen atoms in total. The highest BCUT2D eigenvalue weighted by molar-refractivity contribution is 6.02. The van der Waals surface area contributed by atoms with E-state index in [9.17, 15) is 17.6 Å². The normalized spacial score (nSPS) is 19.2. The van der Waals surface area contributed by atoms with Gasteiger partial charge in [0.1, 0.15) is 40.7 Å². The van der Waals surface area contributed by atoms with Crippen LogP contribution in [0.2, 0.25) is 0 Å². The predicted octanol–water partition coefficient (Wildman–Crippen LogP) is 6.22. The summed E-state index contributed by atoms with van der Waals surface area (Å²) in [6.45, 7) is 6.80. The van der Waals surface area contributed by atoms with Gasteiger partial charge in [-0.1, -0.05) is 0 Å². The van der Waals surface area contributed by atoms with Crippen molar-refractivity contribution in [2.45, 2.75) is 51.9 Å². The van der Waals surface area contributed by atoms with E-state index in [2.05, 4.69) is 30.0 Å². The first-order valence-electron chi connectivity index (χ1n) is 15.9. The summed E-state index contributed by atoms with van der Waals surface area (Å²) in [6.07, 6.45) is -0.767. The molecular formula is C33H34F5N9O2. The number of aromatic nitrogens is 6. The lowest BCUT2D eigenvalue weighted by atomic mass is 9.94. The van der Waals surface area contributed by atoms with Gasteiger partial charge in [-0.15, -0.1) is 0 Å². The van der Waals surface area contributed by atoms with E-state index in [1.165, 1.54) is 25.3 Å². The van der Waals surface area contributed by atoms with Crippen LogP contribution in [0.5, 0.6) is 11.9 Å². The number of ether oxygens (including phenoxy) is 2. The molecule has 3 N–H and O–H groups in total. The zero-order chi connectivity index (χ0) is 34.8. The molecule has 1 aromatic carbocycles. The number of nitrogens with two attached hydrogens (primary N) is 1. The van der Waals surface area contributed by atoms with Gasteiger partial charge >= 0.3 is 12.2 Å². The van der Waals surface area contributed by atoms with E-state index in [0.29, 0.717) is 5.56 Å². The second-order valence-corrected chi connectivity index (χ2v) is 12.9. The summed E-state index contributed by atoms with van der Waals surface area (Å²) in [5.74, 6) is -1.52. The molecule has 16 heteroatoms. The van der Waals surface area contributed by atoms with Gasteiger partial charge in [-0.2, -0.15) is 28.2 Å². The van der Waals surface area contributed by atoms with E-state index < -0.39 is 46.7 Å². The maximum atomic E-state index is 17.1. The minimum Gasteiger partial charge on any atom is -0.475 e. The summed E-state index contributed by atoms with van der Waals surface area (Å²) in [7, 11) is 2.02. The molecule has 1 fully saturated rings. The van der Waals surface area contributed by atoms with E-state index >= 15 is 4.39 Å². The molecule has 2 aliphatic rings. The van der Waals surface area contributed by atoms with Crippen molar-refractivity contribution in [3.05, 3.63) is 52.9 Å². The molecule has 2 aliphatic heterocycles. The molecule has 6 heterocycles. The number of alkyl halides is 3. The van der Waals surface area contributed by atoms with Crippen molar-refractivity contribution in [2.75, 3.05) is 44.0 Å². The monoisotopic (exact) mass is 683 g/mol. The summed E-state index contributed by atoms with van der Waals surface area (Å²) in [5.41, 5.74) is 4.15. The van der Waals surface area contributed by atoms with Gasteiger partial charge in [-0.05, 0) is 64.9 Å². The number of rotatable bonds is 6. The van der Waals surface area contributed by atoms with Crippen LogP contribution in [-0.4, -0.2) is 74.4 Å². The van der Waals surface area contributed by atoms with E-state index in [1.807, 2.05) is 14.0 Å². The molecule has 3 atom stereocenters. The molecule has 4 aromatic heterocycles. The molecule has 0 unspecified atom stereocenters. The largest absolute Gasteiger partial charge is 0.475 e. The molecule has 0 amide bonds. The van der Waals surface area contributed by atoms with Gasteiger partial charge < -0.3 is 25.0 Å². The number of fused-ring (bicyclic) bond motifs is 1. The first-order chi connectivity index (χ1) is 23.3. The fraction of sp³-hybridized carbons (Fsp3) is 0.424. The third-order valence-electron chi connectivity index (χ3n) is 9.31. The number of benzene rings is 1. The lowest BCUT2D eigenvalue weighted by Crippen LogP contribution is -2.39. The Morgan fingerprint density at radius 2 is 1.96 bits per heavy atom. The third-order valence-corrected chi connectivity index (χ3v) is 9.31. The van der Waals surface area contributed by atoms with Crippen LogP contribution >= 0.6 is 0 Å². The van der Waals surface area contributed by atoms with Crippen LogP contribution in [-0.2, 0) is 6.18 Å². The summed E-state index contributed by atoms with van der Waals surface area (Å²) in [4.78, 5) is 21.5. The number of H-pyrrole nitrogens is 1. The SMILES string of the molecule is Cc1cc2[nH]ncc2c(-c2nc3c4c(nc(OC[C@@H]5CCCN(C)C5)nc4c2F)N([C@H](C)c2cc(F)cnc2N)[C@@H](C)CO3)c1C(F)(F)F. The van der Waals surface area contributed by atoms with Gasteiger partial charge in [0.25, 0.3) is 0 Å². The number of hydrogen-bond acceptors (Lipinski definition) is 10. The molecule has 0 aliphatic carbocycles. The minimum absolute atomic E-state index is 0.0226. The average molecular weight is 684 g/mol. The van der Waals surface area contributed by atoms with Crippen molar-refractivity contribution in [1.29, 1.82) is 0 Å². The Balaban J connectivity index is 1.48. The zero-order valence-corrected chi connectivity index (χ0v) is 27.2. The number of likely N-dealkylation sites (tertiary alicyclic amines) is 1. The first-order valence-corrected chi connectivity index (χ1v) is 15.9. The smallest absolute Gasteiger partial charge is 0.417 e. The maximum absolute atomic E-state index is 17.1. The number of halogens is 5. The Kier molecular flexibility index (Phi) is 8.16. The number of aryl methyl sites for hydroxylation is 1. The van der Waals surface area contributed by atoms with E-state index in [1.54, 1.807) is 11.8 Å². The highest BCUT2D eigenvalue weighted by atomic mass is 19.4. The van der Waals surface area contributed by atoms with Gasteiger partial charge in [0, 0.05) is 29.0 Å². The second-order valence-electron chi connectivity index (χ2n) is 12.9.